The van der Waals surface area contributed by atoms with E-state index in [1.54, 1.807) is 30.3 Å². The fraction of sp³-hybridized carbons (Fsp3) is 0.188. The Morgan fingerprint density at radius 1 is 1.16 bits per heavy atom. The average molecular weight is 363 g/mol. The van der Waals surface area contributed by atoms with Gasteiger partial charge in [-0.15, -0.1) is 0 Å². The third-order valence-electron chi connectivity index (χ3n) is 3.54. The second-order valence-corrected chi connectivity index (χ2v) is 7.33. The van der Waals surface area contributed by atoms with Crippen LogP contribution in [0.25, 0.3) is 0 Å². The second kappa shape index (κ2) is 7.31. The minimum Gasteiger partial charge on any atom is -0.364 e. The quantitative estimate of drug-likeness (QED) is 0.598. The highest BCUT2D eigenvalue weighted by atomic mass is 32.2. The number of carbonyl (C=O) groups is 1. The predicted octanol–water partition coefficient (Wildman–Crippen LogP) is 1.90. The molecule has 0 fully saturated rings. The summed E-state index contributed by atoms with van der Waals surface area (Å²) in [4.78, 5) is 22.7. The molecule has 2 rings (SSSR count). The average Bonchev–Trinajstić information content (AvgIpc) is 2.58. The molecule has 2 aromatic rings. The van der Waals surface area contributed by atoms with Gasteiger partial charge in [0.15, 0.2) is 9.84 Å². The van der Waals surface area contributed by atoms with E-state index < -0.39 is 26.5 Å². The SMILES string of the molecule is CNC(=O)[C@H](Nc1ccc(S(C)(=O)=O)cc1[N+](=O)[O-])c1ccccc1. The summed E-state index contributed by atoms with van der Waals surface area (Å²) in [6, 6.07) is 11.4. The number of nitrogens with zero attached hydrogens (tertiary/aromatic N) is 1. The van der Waals surface area contributed by atoms with E-state index in [-0.39, 0.29) is 16.5 Å². The molecule has 0 saturated carbocycles. The Hall–Kier alpha value is -2.94. The van der Waals surface area contributed by atoms with Gasteiger partial charge in [-0.05, 0) is 17.7 Å². The Balaban J connectivity index is 2.49. The number of hydrogen-bond donors (Lipinski definition) is 2. The van der Waals surface area contributed by atoms with Crippen LogP contribution in [0.3, 0.4) is 0 Å². The number of amides is 1. The van der Waals surface area contributed by atoms with Crippen molar-refractivity contribution in [2.75, 3.05) is 18.6 Å². The van der Waals surface area contributed by atoms with Gasteiger partial charge in [-0.3, -0.25) is 14.9 Å². The minimum atomic E-state index is -3.59. The maximum absolute atomic E-state index is 12.2. The lowest BCUT2D eigenvalue weighted by atomic mass is 10.1. The molecule has 132 valence electrons. The van der Waals surface area contributed by atoms with Gasteiger partial charge in [0, 0.05) is 19.4 Å². The first-order valence-electron chi connectivity index (χ1n) is 7.25. The summed E-state index contributed by atoms with van der Waals surface area (Å²) in [5.74, 6) is -0.382. The fourth-order valence-corrected chi connectivity index (χ4v) is 2.90. The lowest BCUT2D eigenvalue weighted by Gasteiger charge is -2.19. The molecule has 0 unspecified atom stereocenters. The molecular weight excluding hydrogens is 346 g/mol. The second-order valence-electron chi connectivity index (χ2n) is 5.31. The Labute approximate surface area is 144 Å². The molecule has 0 heterocycles. The monoisotopic (exact) mass is 363 g/mol. The van der Waals surface area contributed by atoms with Crippen molar-refractivity contribution < 1.29 is 18.1 Å². The third kappa shape index (κ3) is 4.32. The molecule has 0 aliphatic heterocycles. The van der Waals surface area contributed by atoms with E-state index >= 15 is 0 Å². The minimum absolute atomic E-state index is 0.0508. The number of sulfone groups is 1. The maximum Gasteiger partial charge on any atom is 0.293 e. The Kier molecular flexibility index (Phi) is 5.38. The molecule has 0 aliphatic rings. The molecule has 1 amide bonds. The Morgan fingerprint density at radius 3 is 2.32 bits per heavy atom. The molecular formula is C16H17N3O5S. The van der Waals surface area contributed by atoms with Crippen LogP contribution >= 0.6 is 0 Å². The van der Waals surface area contributed by atoms with Crippen molar-refractivity contribution in [1.29, 1.82) is 0 Å². The molecule has 0 aliphatic carbocycles. The molecule has 0 saturated heterocycles. The van der Waals surface area contributed by atoms with E-state index in [1.165, 1.54) is 19.2 Å². The Morgan fingerprint density at radius 2 is 1.80 bits per heavy atom. The molecule has 0 spiro atoms. The topological polar surface area (TPSA) is 118 Å². The van der Waals surface area contributed by atoms with Crippen molar-refractivity contribution >= 4 is 27.1 Å². The number of nitrogens with one attached hydrogen (secondary N) is 2. The van der Waals surface area contributed by atoms with Gasteiger partial charge in [0.05, 0.1) is 9.82 Å². The van der Waals surface area contributed by atoms with Gasteiger partial charge in [-0.25, -0.2) is 8.42 Å². The summed E-state index contributed by atoms with van der Waals surface area (Å²) < 4.78 is 23.2. The van der Waals surface area contributed by atoms with Crippen LogP contribution in [-0.4, -0.2) is 32.6 Å². The van der Waals surface area contributed by atoms with Crippen molar-refractivity contribution in [3.8, 4) is 0 Å². The van der Waals surface area contributed by atoms with Crippen molar-refractivity contribution in [1.82, 2.24) is 5.32 Å². The zero-order chi connectivity index (χ0) is 18.6. The standard InChI is InChI=1S/C16H17N3O5S/c1-17-16(20)15(11-6-4-3-5-7-11)18-13-9-8-12(25(2,23)24)10-14(13)19(21)22/h3-10,15,18H,1-2H3,(H,17,20)/t15-/m1/s1. The van der Waals surface area contributed by atoms with E-state index in [1.807, 2.05) is 0 Å². The summed E-state index contributed by atoms with van der Waals surface area (Å²) in [5.41, 5.74) is 0.242. The van der Waals surface area contributed by atoms with Crippen molar-refractivity contribution in [3.63, 3.8) is 0 Å². The normalized spacial score (nSPS) is 12.2. The van der Waals surface area contributed by atoms with Crippen LogP contribution in [-0.2, 0) is 14.6 Å². The maximum atomic E-state index is 12.2. The highest BCUT2D eigenvalue weighted by Crippen LogP contribution is 2.30. The van der Waals surface area contributed by atoms with Crippen molar-refractivity contribution in [2.45, 2.75) is 10.9 Å². The van der Waals surface area contributed by atoms with Crippen LogP contribution in [0.5, 0.6) is 0 Å². The molecule has 8 nitrogen and oxygen atoms in total. The number of anilines is 1. The van der Waals surface area contributed by atoms with Gasteiger partial charge in [0.1, 0.15) is 11.7 Å². The third-order valence-corrected chi connectivity index (χ3v) is 4.65. The molecule has 2 N–H and O–H groups in total. The summed E-state index contributed by atoms with van der Waals surface area (Å²) in [7, 11) is -2.13. The first-order valence-corrected chi connectivity index (χ1v) is 9.14. The first kappa shape index (κ1) is 18.4. The van der Waals surface area contributed by atoms with Gasteiger partial charge in [-0.2, -0.15) is 0 Å². The van der Waals surface area contributed by atoms with E-state index in [0.29, 0.717) is 5.56 Å². The highest BCUT2D eigenvalue weighted by molar-refractivity contribution is 7.90. The number of rotatable bonds is 6. The summed E-state index contributed by atoms with van der Waals surface area (Å²) in [5, 5.41) is 16.7. The molecule has 9 heteroatoms. The van der Waals surface area contributed by atoms with Crippen LogP contribution in [0.2, 0.25) is 0 Å². The van der Waals surface area contributed by atoms with Gasteiger partial charge < -0.3 is 10.6 Å². The van der Waals surface area contributed by atoms with E-state index in [4.69, 9.17) is 0 Å². The van der Waals surface area contributed by atoms with Crippen LogP contribution in [0.1, 0.15) is 11.6 Å². The summed E-state index contributed by atoms with van der Waals surface area (Å²) in [6.45, 7) is 0. The van der Waals surface area contributed by atoms with E-state index in [0.717, 1.165) is 12.3 Å². The molecule has 0 bridgehead atoms. The van der Waals surface area contributed by atoms with E-state index in [9.17, 15) is 23.3 Å². The smallest absolute Gasteiger partial charge is 0.293 e. The number of benzene rings is 2. The van der Waals surface area contributed by atoms with Crippen LogP contribution < -0.4 is 10.6 Å². The van der Waals surface area contributed by atoms with Gasteiger partial charge >= 0.3 is 0 Å². The number of carbonyl (C=O) groups excluding carboxylic acids is 1. The molecule has 0 radical (unpaired) electrons. The zero-order valence-corrected chi connectivity index (χ0v) is 14.4. The van der Waals surface area contributed by atoms with Crippen molar-refractivity contribution in [2.24, 2.45) is 0 Å². The van der Waals surface area contributed by atoms with Crippen LogP contribution in [0.4, 0.5) is 11.4 Å². The highest BCUT2D eigenvalue weighted by Gasteiger charge is 2.24. The van der Waals surface area contributed by atoms with Gasteiger partial charge in [0.25, 0.3) is 5.69 Å². The summed E-state index contributed by atoms with van der Waals surface area (Å²) in [6.07, 6.45) is 0.969. The predicted molar refractivity (Wildman–Crippen MR) is 93.1 cm³/mol. The molecule has 2 aromatic carbocycles. The van der Waals surface area contributed by atoms with Gasteiger partial charge in [0.2, 0.25) is 5.91 Å². The van der Waals surface area contributed by atoms with Crippen LogP contribution in [0.15, 0.2) is 53.4 Å². The van der Waals surface area contributed by atoms with Gasteiger partial charge in [-0.1, -0.05) is 30.3 Å². The molecule has 0 aromatic heterocycles. The number of hydrogen-bond acceptors (Lipinski definition) is 6. The van der Waals surface area contributed by atoms with Crippen LogP contribution in [0, 0.1) is 10.1 Å². The fourth-order valence-electron chi connectivity index (χ4n) is 2.26. The molecule has 1 atom stereocenters. The summed E-state index contributed by atoms with van der Waals surface area (Å²) >= 11 is 0. The first-order chi connectivity index (χ1) is 11.7. The van der Waals surface area contributed by atoms with E-state index in [2.05, 4.69) is 10.6 Å². The Bertz CT molecular complexity index is 897. The number of likely N-dealkylation sites (N-methyl/N-ethyl adjacent to an activating group) is 1. The number of nitro groups is 1. The zero-order valence-electron chi connectivity index (χ0n) is 13.6. The lowest BCUT2D eigenvalue weighted by molar-refractivity contribution is -0.384. The largest absolute Gasteiger partial charge is 0.364 e. The molecule has 25 heavy (non-hydrogen) atoms. The van der Waals surface area contributed by atoms with Crippen molar-refractivity contribution in [3.05, 3.63) is 64.2 Å². The lowest BCUT2D eigenvalue weighted by Crippen LogP contribution is -2.31. The number of nitro benzene ring substituents is 1.